The maximum atomic E-state index is 12.1. The third-order valence-electron chi connectivity index (χ3n) is 1.86. The second kappa shape index (κ2) is 5.45. The number of aliphatic hydroxyl groups excluding tert-OH is 1. The van der Waals surface area contributed by atoms with Crippen molar-refractivity contribution in [2.75, 3.05) is 19.9 Å². The Morgan fingerprint density at radius 1 is 1.58 bits per heavy atom. The number of hydrogen-bond donors (Lipinski definition) is 1. The molecule has 0 aromatic rings. The van der Waals surface area contributed by atoms with E-state index in [-0.39, 0.29) is 12.9 Å². The summed E-state index contributed by atoms with van der Waals surface area (Å²) < 4.78 is 22.4. The van der Waals surface area contributed by atoms with Gasteiger partial charge in [-0.05, 0) is 19.3 Å². The Bertz CT molecular complexity index is 111. The Hall–Kier alpha value is -0.190. The fourth-order valence-electron chi connectivity index (χ4n) is 1.16. The number of alkyl halides is 1. The third kappa shape index (κ3) is 3.05. The topological polar surface area (TPSA) is 38.7 Å². The minimum absolute atomic E-state index is 0.281. The summed E-state index contributed by atoms with van der Waals surface area (Å²) in [5, 5.41) is 8.64. The molecule has 0 radical (unpaired) electrons. The zero-order chi connectivity index (χ0) is 8.81. The largest absolute Gasteiger partial charge is 0.394 e. The number of ether oxygens (including phenoxy) is 2. The van der Waals surface area contributed by atoms with Gasteiger partial charge in [-0.2, -0.15) is 0 Å². The molecule has 12 heavy (non-hydrogen) atoms. The minimum Gasteiger partial charge on any atom is -0.394 e. The molecule has 0 amide bonds. The molecule has 72 valence electrons. The molecule has 2 atom stereocenters. The van der Waals surface area contributed by atoms with Gasteiger partial charge >= 0.3 is 0 Å². The molecule has 1 heterocycles. The molecule has 2 unspecified atom stereocenters. The number of hydrogen-bond acceptors (Lipinski definition) is 3. The van der Waals surface area contributed by atoms with Gasteiger partial charge in [-0.3, -0.25) is 0 Å². The first-order valence-electron chi connectivity index (χ1n) is 4.30. The molecule has 4 heteroatoms. The van der Waals surface area contributed by atoms with Gasteiger partial charge in [0.25, 0.3) is 0 Å². The Balaban J connectivity index is 2.18. The van der Waals surface area contributed by atoms with E-state index in [4.69, 9.17) is 14.6 Å². The van der Waals surface area contributed by atoms with Crippen LogP contribution in [0.2, 0.25) is 0 Å². The molecule has 3 nitrogen and oxygen atoms in total. The maximum absolute atomic E-state index is 12.1. The van der Waals surface area contributed by atoms with E-state index in [1.54, 1.807) is 0 Å². The van der Waals surface area contributed by atoms with Crippen LogP contribution in [-0.4, -0.2) is 37.4 Å². The van der Waals surface area contributed by atoms with Crippen molar-refractivity contribution in [3.05, 3.63) is 0 Å². The molecule has 1 aliphatic heterocycles. The van der Waals surface area contributed by atoms with Gasteiger partial charge in [0.05, 0.1) is 6.61 Å². The fourth-order valence-corrected chi connectivity index (χ4v) is 1.16. The SMILES string of the molecule is OCC(CF)OC1CCCCO1. The highest BCUT2D eigenvalue weighted by atomic mass is 19.1. The van der Waals surface area contributed by atoms with Crippen LogP contribution in [0.15, 0.2) is 0 Å². The highest BCUT2D eigenvalue weighted by molar-refractivity contribution is 4.59. The Labute approximate surface area is 71.5 Å². The molecule has 0 bridgehead atoms. The van der Waals surface area contributed by atoms with Crippen molar-refractivity contribution in [2.45, 2.75) is 31.7 Å². The van der Waals surface area contributed by atoms with Crippen LogP contribution in [0.25, 0.3) is 0 Å². The summed E-state index contributed by atoms with van der Waals surface area (Å²) >= 11 is 0. The van der Waals surface area contributed by atoms with Crippen LogP contribution in [0.3, 0.4) is 0 Å². The summed E-state index contributed by atoms with van der Waals surface area (Å²) in [6.45, 7) is -0.262. The molecule has 1 saturated heterocycles. The lowest BCUT2D eigenvalue weighted by Gasteiger charge is -2.25. The fraction of sp³-hybridized carbons (Fsp3) is 1.00. The number of aliphatic hydroxyl groups is 1. The highest BCUT2D eigenvalue weighted by Crippen LogP contribution is 2.15. The lowest BCUT2D eigenvalue weighted by atomic mass is 10.2. The van der Waals surface area contributed by atoms with Gasteiger partial charge in [0, 0.05) is 6.61 Å². The molecular weight excluding hydrogens is 163 g/mol. The maximum Gasteiger partial charge on any atom is 0.158 e. The van der Waals surface area contributed by atoms with Crippen molar-refractivity contribution < 1.29 is 19.0 Å². The average Bonchev–Trinajstić information content (AvgIpc) is 2.16. The van der Waals surface area contributed by atoms with Gasteiger partial charge in [-0.25, -0.2) is 4.39 Å². The molecule has 0 aliphatic carbocycles. The predicted octanol–water partition coefficient (Wildman–Crippen LogP) is 0.860. The molecule has 0 spiro atoms. The normalized spacial score (nSPS) is 27.0. The van der Waals surface area contributed by atoms with E-state index in [1.807, 2.05) is 0 Å². The van der Waals surface area contributed by atoms with E-state index < -0.39 is 12.8 Å². The van der Waals surface area contributed by atoms with Crippen molar-refractivity contribution in [2.24, 2.45) is 0 Å². The Kier molecular flexibility index (Phi) is 4.50. The van der Waals surface area contributed by atoms with E-state index in [0.29, 0.717) is 6.61 Å². The molecule has 0 aromatic carbocycles. The van der Waals surface area contributed by atoms with Crippen molar-refractivity contribution in [1.82, 2.24) is 0 Å². The van der Waals surface area contributed by atoms with E-state index in [2.05, 4.69) is 0 Å². The van der Waals surface area contributed by atoms with Crippen LogP contribution in [0.1, 0.15) is 19.3 Å². The standard InChI is InChI=1S/C8H15FO3/c9-5-7(6-10)12-8-3-1-2-4-11-8/h7-8,10H,1-6H2. The minimum atomic E-state index is -0.715. The first kappa shape index (κ1) is 9.89. The van der Waals surface area contributed by atoms with Crippen LogP contribution >= 0.6 is 0 Å². The van der Waals surface area contributed by atoms with Crippen LogP contribution in [0.4, 0.5) is 4.39 Å². The van der Waals surface area contributed by atoms with Crippen molar-refractivity contribution in [3.8, 4) is 0 Å². The zero-order valence-electron chi connectivity index (χ0n) is 7.04. The molecule has 0 saturated carbocycles. The van der Waals surface area contributed by atoms with Crippen molar-refractivity contribution in [1.29, 1.82) is 0 Å². The highest BCUT2D eigenvalue weighted by Gasteiger charge is 2.18. The summed E-state index contributed by atoms with van der Waals surface area (Å²) in [6, 6.07) is 0. The van der Waals surface area contributed by atoms with Crippen LogP contribution in [0.5, 0.6) is 0 Å². The summed E-state index contributed by atoms with van der Waals surface area (Å²) in [6.07, 6.45) is 1.87. The Morgan fingerprint density at radius 3 is 2.92 bits per heavy atom. The van der Waals surface area contributed by atoms with Gasteiger partial charge in [-0.15, -0.1) is 0 Å². The molecule has 0 aromatic heterocycles. The summed E-state index contributed by atoms with van der Waals surface area (Å²) in [5.41, 5.74) is 0. The molecule has 1 rings (SSSR count). The zero-order valence-corrected chi connectivity index (χ0v) is 7.04. The van der Waals surface area contributed by atoms with Crippen molar-refractivity contribution in [3.63, 3.8) is 0 Å². The van der Waals surface area contributed by atoms with Crippen molar-refractivity contribution >= 4 is 0 Å². The van der Waals surface area contributed by atoms with Crippen LogP contribution < -0.4 is 0 Å². The van der Waals surface area contributed by atoms with E-state index >= 15 is 0 Å². The van der Waals surface area contributed by atoms with Gasteiger partial charge in [0.15, 0.2) is 6.29 Å². The van der Waals surface area contributed by atoms with Gasteiger partial charge in [0.1, 0.15) is 12.8 Å². The summed E-state index contributed by atoms with van der Waals surface area (Å²) in [4.78, 5) is 0. The molecule has 1 aliphatic rings. The number of rotatable bonds is 4. The molecule has 1 fully saturated rings. The van der Waals surface area contributed by atoms with Gasteiger partial charge in [-0.1, -0.05) is 0 Å². The second-order valence-corrected chi connectivity index (χ2v) is 2.89. The third-order valence-corrected chi connectivity index (χ3v) is 1.86. The number of halogens is 1. The Morgan fingerprint density at radius 2 is 2.42 bits per heavy atom. The first-order chi connectivity index (χ1) is 5.86. The lowest BCUT2D eigenvalue weighted by Crippen LogP contribution is -2.31. The average molecular weight is 178 g/mol. The molecule has 1 N–H and O–H groups in total. The van der Waals surface area contributed by atoms with Gasteiger partial charge in [0.2, 0.25) is 0 Å². The smallest absolute Gasteiger partial charge is 0.158 e. The monoisotopic (exact) mass is 178 g/mol. The second-order valence-electron chi connectivity index (χ2n) is 2.89. The van der Waals surface area contributed by atoms with Crippen LogP contribution in [0, 0.1) is 0 Å². The van der Waals surface area contributed by atoms with E-state index in [9.17, 15) is 4.39 Å². The molecular formula is C8H15FO3. The predicted molar refractivity (Wildman–Crippen MR) is 41.5 cm³/mol. The van der Waals surface area contributed by atoms with Gasteiger partial charge < -0.3 is 14.6 Å². The van der Waals surface area contributed by atoms with E-state index in [0.717, 1.165) is 19.3 Å². The van der Waals surface area contributed by atoms with Crippen LogP contribution in [-0.2, 0) is 9.47 Å². The van der Waals surface area contributed by atoms with E-state index in [1.165, 1.54) is 0 Å². The first-order valence-corrected chi connectivity index (χ1v) is 4.30. The summed E-state index contributed by atoms with van der Waals surface area (Å²) in [5.74, 6) is 0. The lowest BCUT2D eigenvalue weighted by molar-refractivity contribution is -0.197. The summed E-state index contributed by atoms with van der Waals surface area (Å²) in [7, 11) is 0. The quantitative estimate of drug-likeness (QED) is 0.694.